The molecule has 64 valence electrons. The van der Waals surface area contributed by atoms with Crippen LogP contribution in [-0.4, -0.2) is 5.97 Å². The first-order valence-electron chi connectivity index (χ1n) is 2.90. The molecule has 0 aliphatic carbocycles. The van der Waals surface area contributed by atoms with Crippen molar-refractivity contribution < 1.29 is 95.9 Å². The van der Waals surface area contributed by atoms with Crippen LogP contribution in [0.2, 0.25) is 10.0 Å². The van der Waals surface area contributed by atoms with Crippen LogP contribution in [0.5, 0.6) is 5.75 Å². The maximum Gasteiger partial charge on any atom is 1.00 e. The summed E-state index contributed by atoms with van der Waals surface area (Å²) in [5.74, 6) is -2.43. The maximum atomic E-state index is 11.0. The Morgan fingerprint density at radius 1 is 1.21 bits per heavy atom. The second kappa shape index (κ2) is 7.90. The average molecular weight is 267 g/mol. The predicted octanol–water partition coefficient (Wildman–Crippen LogP) is -5.56. The van der Waals surface area contributed by atoms with Gasteiger partial charge in [-0.15, -0.1) is 0 Å². The molecule has 3 nitrogen and oxygen atoms in total. The fourth-order valence-electron chi connectivity index (χ4n) is 0.723. The van der Waals surface area contributed by atoms with E-state index in [4.69, 9.17) is 23.2 Å². The summed E-state index contributed by atoms with van der Waals surface area (Å²) < 4.78 is 0. The molecule has 0 spiro atoms. The fourth-order valence-corrected chi connectivity index (χ4v) is 1.11. The predicted molar refractivity (Wildman–Crippen MR) is 40.2 cm³/mol. The number of rotatable bonds is 1. The molecule has 0 radical (unpaired) electrons. The van der Waals surface area contributed by atoms with Crippen molar-refractivity contribution in [3.05, 3.63) is 27.7 Å². The van der Waals surface area contributed by atoms with Crippen molar-refractivity contribution in [1.82, 2.24) is 0 Å². The van der Waals surface area contributed by atoms with E-state index in [0.29, 0.717) is 0 Å². The van der Waals surface area contributed by atoms with Gasteiger partial charge in [0, 0.05) is 15.6 Å². The van der Waals surface area contributed by atoms with Crippen LogP contribution >= 0.6 is 23.2 Å². The van der Waals surface area contributed by atoms with Crippen LogP contribution in [0.3, 0.4) is 0 Å². The summed E-state index contributed by atoms with van der Waals surface area (Å²) in [6.45, 7) is 0. The van der Waals surface area contributed by atoms with Gasteiger partial charge in [0.1, 0.15) is 0 Å². The molecule has 0 amide bonds. The third-order valence-electron chi connectivity index (χ3n) is 1.26. The number of hydrogen-bond donors (Lipinski definition) is 0. The van der Waals surface area contributed by atoms with Crippen molar-refractivity contribution in [3.63, 3.8) is 0 Å². The Balaban J connectivity index is 0. The van der Waals surface area contributed by atoms with Crippen molar-refractivity contribution in [2.24, 2.45) is 0 Å². The van der Waals surface area contributed by atoms with Gasteiger partial charge in [0.2, 0.25) is 0 Å². The van der Waals surface area contributed by atoms with Gasteiger partial charge >= 0.3 is 80.9 Å². The quantitative estimate of drug-likeness (QED) is 0.477. The van der Waals surface area contributed by atoms with Crippen LogP contribution < -0.4 is 91.2 Å². The Morgan fingerprint density at radius 2 is 1.64 bits per heavy atom. The van der Waals surface area contributed by atoms with Crippen molar-refractivity contribution in [2.75, 3.05) is 0 Å². The summed E-state index contributed by atoms with van der Waals surface area (Å²) in [5, 5.41) is 21.0. The third-order valence-corrected chi connectivity index (χ3v) is 1.88. The molecule has 0 heterocycles. The zero-order chi connectivity index (χ0) is 9.30. The summed E-state index contributed by atoms with van der Waals surface area (Å²) in [6.07, 6.45) is 0. The second-order valence-corrected chi connectivity index (χ2v) is 2.84. The summed E-state index contributed by atoms with van der Waals surface area (Å²) in [7, 11) is 0. The zero-order valence-electron chi connectivity index (χ0n) is 7.64. The fraction of sp³-hybridized carbons (Fsp3) is 0. The summed E-state index contributed by atoms with van der Waals surface area (Å²) in [4.78, 5) is 10.3. The number of carboxylic acid groups (broad SMARTS) is 1. The van der Waals surface area contributed by atoms with E-state index in [0.717, 1.165) is 0 Å². The summed E-state index contributed by atoms with van der Waals surface area (Å²) in [6, 6.07) is 2.47. The summed E-state index contributed by atoms with van der Waals surface area (Å²) >= 11 is 10.8. The van der Waals surface area contributed by atoms with Crippen LogP contribution in [0.15, 0.2) is 12.1 Å². The topological polar surface area (TPSA) is 63.2 Å². The van der Waals surface area contributed by atoms with Crippen molar-refractivity contribution >= 4 is 29.2 Å². The average Bonchev–Trinajstić information content (AvgIpc) is 1.97. The van der Waals surface area contributed by atoms with Crippen LogP contribution in [0, 0.1) is 0 Å². The molecular weight excluding hydrogens is 265 g/mol. The molecule has 14 heavy (non-hydrogen) atoms. The molecule has 0 bridgehead atoms. The van der Waals surface area contributed by atoms with Gasteiger partial charge in [-0.05, 0) is 12.1 Å². The van der Waals surface area contributed by atoms with Gasteiger partial charge in [0.05, 0.1) is 5.97 Å². The van der Waals surface area contributed by atoms with E-state index in [-0.39, 0.29) is 91.0 Å². The standard InChI is InChI=1S/C7H4Cl2O3.K.Na/c8-3-1-2-4(9)6(10)5(3)7(11)12;;/h1-2,10H,(H,11,12);;/q;2*+1/p-2. The maximum absolute atomic E-state index is 11.0. The first kappa shape index (κ1) is 18.1. The molecule has 0 aliphatic rings. The van der Waals surface area contributed by atoms with Crippen LogP contribution in [0.25, 0.3) is 0 Å². The molecule has 1 rings (SSSR count). The molecule has 0 unspecified atom stereocenters. The number of aromatic carboxylic acids is 1. The van der Waals surface area contributed by atoms with E-state index in [1.54, 1.807) is 0 Å². The largest absolute Gasteiger partial charge is 1.00 e. The van der Waals surface area contributed by atoms with Gasteiger partial charge in [-0.25, -0.2) is 0 Å². The molecule has 0 aromatic heterocycles. The van der Waals surface area contributed by atoms with Crippen LogP contribution in [-0.2, 0) is 0 Å². The van der Waals surface area contributed by atoms with Gasteiger partial charge < -0.3 is 15.0 Å². The molecule has 1 aromatic carbocycles. The molecule has 0 N–H and O–H groups in total. The van der Waals surface area contributed by atoms with Crippen LogP contribution in [0.1, 0.15) is 10.4 Å². The Hall–Kier alpha value is 1.71. The molecule has 0 fully saturated rings. The number of carbonyl (C=O) groups is 1. The molecular formula is C7H2Cl2KNaO3. The van der Waals surface area contributed by atoms with E-state index in [1.165, 1.54) is 12.1 Å². The van der Waals surface area contributed by atoms with Crippen LogP contribution in [0.4, 0.5) is 0 Å². The van der Waals surface area contributed by atoms with Gasteiger partial charge in [0.25, 0.3) is 0 Å². The van der Waals surface area contributed by atoms with E-state index in [2.05, 4.69) is 0 Å². The zero-order valence-corrected chi connectivity index (χ0v) is 14.3. The molecule has 0 atom stereocenters. The van der Waals surface area contributed by atoms with E-state index >= 15 is 0 Å². The minimum absolute atomic E-state index is 0. The first-order valence-corrected chi connectivity index (χ1v) is 3.66. The smallest absolute Gasteiger partial charge is 0.871 e. The van der Waals surface area contributed by atoms with Gasteiger partial charge in [0.15, 0.2) is 0 Å². The number of carboxylic acids is 1. The normalized spacial score (nSPS) is 8.43. The Kier molecular flexibility index (Phi) is 10.2. The Bertz CT molecular complexity index is 346. The minimum Gasteiger partial charge on any atom is -0.871 e. The number of halogens is 2. The molecule has 1 aromatic rings. The second-order valence-electron chi connectivity index (χ2n) is 2.02. The Morgan fingerprint density at radius 3 is 2.00 bits per heavy atom. The number of benzene rings is 1. The molecule has 7 heteroatoms. The molecule has 0 aliphatic heterocycles. The first-order chi connectivity index (χ1) is 5.54. The van der Waals surface area contributed by atoms with E-state index in [1.807, 2.05) is 0 Å². The van der Waals surface area contributed by atoms with Crippen molar-refractivity contribution in [3.8, 4) is 5.75 Å². The van der Waals surface area contributed by atoms with E-state index < -0.39 is 17.3 Å². The summed E-state index contributed by atoms with van der Waals surface area (Å²) in [5.41, 5.74) is -0.593. The third kappa shape index (κ3) is 4.29. The number of hydrogen-bond acceptors (Lipinski definition) is 3. The minimum atomic E-state index is -1.62. The van der Waals surface area contributed by atoms with Gasteiger partial charge in [-0.3, -0.25) is 0 Å². The monoisotopic (exact) mass is 266 g/mol. The van der Waals surface area contributed by atoms with E-state index in [9.17, 15) is 15.0 Å². The van der Waals surface area contributed by atoms with Crippen molar-refractivity contribution in [2.45, 2.75) is 0 Å². The Labute approximate surface area is 155 Å². The number of carbonyl (C=O) groups excluding carboxylic acids is 1. The molecule has 0 saturated heterocycles. The van der Waals surface area contributed by atoms with Gasteiger partial charge in [-0.2, -0.15) is 0 Å². The molecule has 0 saturated carbocycles. The van der Waals surface area contributed by atoms with Crippen molar-refractivity contribution in [1.29, 1.82) is 0 Å². The SMILES string of the molecule is O=C([O-])c1c(Cl)ccc(Cl)c1[O-].[K+].[Na+]. The van der Waals surface area contributed by atoms with Gasteiger partial charge in [-0.1, -0.05) is 29.0 Å².